The maximum absolute atomic E-state index is 11.8. The van der Waals surface area contributed by atoms with Gasteiger partial charge in [-0.25, -0.2) is 4.79 Å². The van der Waals surface area contributed by atoms with E-state index >= 15 is 0 Å². The van der Waals surface area contributed by atoms with Crippen LogP contribution in [0.25, 0.3) is 0 Å². The Morgan fingerprint density at radius 3 is 2.50 bits per heavy atom. The van der Waals surface area contributed by atoms with Crippen molar-refractivity contribution in [1.29, 1.82) is 0 Å². The van der Waals surface area contributed by atoms with Crippen LogP contribution in [-0.2, 0) is 0 Å². The summed E-state index contributed by atoms with van der Waals surface area (Å²) < 4.78 is 0.910. The Morgan fingerprint density at radius 2 is 2.00 bits per heavy atom. The van der Waals surface area contributed by atoms with Crippen molar-refractivity contribution in [3.8, 4) is 0 Å². The molecule has 1 aromatic carbocycles. The number of hydrogen-bond acceptors (Lipinski definition) is 1. The van der Waals surface area contributed by atoms with Gasteiger partial charge in [0.05, 0.1) is 5.69 Å². The van der Waals surface area contributed by atoms with Crippen LogP contribution in [0.3, 0.4) is 0 Å². The molecule has 0 saturated heterocycles. The highest BCUT2D eigenvalue weighted by atomic mass is 79.9. The molecule has 0 unspecified atom stereocenters. The van der Waals surface area contributed by atoms with E-state index in [0.717, 1.165) is 15.7 Å². The van der Waals surface area contributed by atoms with E-state index in [1.165, 1.54) is 0 Å². The molecule has 1 aromatic rings. The van der Waals surface area contributed by atoms with E-state index < -0.39 is 0 Å². The van der Waals surface area contributed by atoms with Gasteiger partial charge in [0.25, 0.3) is 0 Å². The fraction of sp³-hybridized carbons (Fsp3) is 0.417. The maximum Gasteiger partial charge on any atom is 0.321 e. The van der Waals surface area contributed by atoms with E-state index in [2.05, 4.69) is 21.2 Å². The summed E-state index contributed by atoms with van der Waals surface area (Å²) in [5.41, 5.74) is 1.97. The van der Waals surface area contributed by atoms with Crippen molar-refractivity contribution in [3.05, 3.63) is 28.2 Å². The molecule has 0 saturated carbocycles. The third-order valence-electron chi connectivity index (χ3n) is 2.42. The largest absolute Gasteiger partial charge is 0.325 e. The number of urea groups is 1. The van der Waals surface area contributed by atoms with Gasteiger partial charge in [-0.1, -0.05) is 6.07 Å². The molecule has 1 rings (SSSR count). The molecule has 0 aliphatic rings. The third-order valence-corrected chi connectivity index (χ3v) is 3.07. The molecule has 0 aliphatic carbocycles. The SMILES string of the molecule is CCN(CC)C(=O)Nc1ccc(C)cc1Br. The molecule has 16 heavy (non-hydrogen) atoms. The lowest BCUT2D eigenvalue weighted by atomic mass is 10.2. The summed E-state index contributed by atoms with van der Waals surface area (Å²) in [4.78, 5) is 13.5. The lowest BCUT2D eigenvalue weighted by Crippen LogP contribution is -2.34. The van der Waals surface area contributed by atoms with E-state index in [1.54, 1.807) is 4.90 Å². The van der Waals surface area contributed by atoms with Crippen LogP contribution in [0.1, 0.15) is 19.4 Å². The Balaban J connectivity index is 2.76. The van der Waals surface area contributed by atoms with Crippen molar-refractivity contribution in [1.82, 2.24) is 4.90 Å². The van der Waals surface area contributed by atoms with E-state index in [1.807, 2.05) is 39.0 Å². The minimum Gasteiger partial charge on any atom is -0.325 e. The molecule has 0 fully saturated rings. The molecule has 0 heterocycles. The number of rotatable bonds is 3. The third kappa shape index (κ3) is 3.23. The van der Waals surface area contributed by atoms with Crippen LogP contribution >= 0.6 is 15.9 Å². The zero-order valence-corrected chi connectivity index (χ0v) is 11.5. The second-order valence-corrected chi connectivity index (χ2v) is 4.44. The van der Waals surface area contributed by atoms with Gasteiger partial charge in [0, 0.05) is 17.6 Å². The lowest BCUT2D eigenvalue weighted by molar-refractivity contribution is 0.217. The van der Waals surface area contributed by atoms with Gasteiger partial charge in [0.2, 0.25) is 0 Å². The van der Waals surface area contributed by atoms with Crippen molar-refractivity contribution in [2.45, 2.75) is 20.8 Å². The molecule has 0 bridgehead atoms. The molecule has 88 valence electrons. The Labute approximate surface area is 105 Å². The second kappa shape index (κ2) is 5.89. The number of carbonyl (C=O) groups excluding carboxylic acids is 1. The Kier molecular flexibility index (Phi) is 4.80. The van der Waals surface area contributed by atoms with Crippen LogP contribution < -0.4 is 5.32 Å². The molecule has 2 amide bonds. The van der Waals surface area contributed by atoms with Crippen molar-refractivity contribution in [2.24, 2.45) is 0 Å². The standard InChI is InChI=1S/C12H17BrN2O/c1-4-15(5-2)12(16)14-11-7-6-9(3)8-10(11)13/h6-8H,4-5H2,1-3H3,(H,14,16). The number of aryl methyl sites for hydroxylation is 1. The molecule has 1 N–H and O–H groups in total. The van der Waals surface area contributed by atoms with E-state index in [-0.39, 0.29) is 6.03 Å². The van der Waals surface area contributed by atoms with Crippen LogP contribution in [0.4, 0.5) is 10.5 Å². The van der Waals surface area contributed by atoms with E-state index in [9.17, 15) is 4.79 Å². The van der Waals surface area contributed by atoms with Gasteiger partial charge in [0.15, 0.2) is 0 Å². The summed E-state index contributed by atoms with van der Waals surface area (Å²) in [5.74, 6) is 0. The van der Waals surface area contributed by atoms with Crippen LogP contribution in [-0.4, -0.2) is 24.0 Å². The monoisotopic (exact) mass is 284 g/mol. The number of nitrogens with zero attached hydrogens (tertiary/aromatic N) is 1. The summed E-state index contributed by atoms with van der Waals surface area (Å²) >= 11 is 3.44. The highest BCUT2D eigenvalue weighted by Crippen LogP contribution is 2.23. The van der Waals surface area contributed by atoms with Crippen LogP contribution in [0.15, 0.2) is 22.7 Å². The number of halogens is 1. The first-order chi connectivity index (χ1) is 7.58. The molecule has 4 heteroatoms. The van der Waals surface area contributed by atoms with Gasteiger partial charge in [-0.2, -0.15) is 0 Å². The zero-order valence-electron chi connectivity index (χ0n) is 9.88. The van der Waals surface area contributed by atoms with Gasteiger partial charge in [0.1, 0.15) is 0 Å². The van der Waals surface area contributed by atoms with Crippen molar-refractivity contribution < 1.29 is 4.79 Å². The molecular weight excluding hydrogens is 268 g/mol. The molecule has 0 aliphatic heterocycles. The van der Waals surface area contributed by atoms with Gasteiger partial charge in [-0.3, -0.25) is 0 Å². The average Bonchev–Trinajstić information content (AvgIpc) is 2.24. The molecule has 0 atom stereocenters. The van der Waals surface area contributed by atoms with Gasteiger partial charge < -0.3 is 10.2 Å². The van der Waals surface area contributed by atoms with Crippen LogP contribution in [0.2, 0.25) is 0 Å². The summed E-state index contributed by atoms with van der Waals surface area (Å²) in [5, 5.41) is 2.88. The number of carbonyl (C=O) groups is 1. The summed E-state index contributed by atoms with van der Waals surface area (Å²) in [6.45, 7) is 7.37. The second-order valence-electron chi connectivity index (χ2n) is 3.59. The van der Waals surface area contributed by atoms with Gasteiger partial charge >= 0.3 is 6.03 Å². The topological polar surface area (TPSA) is 32.3 Å². The van der Waals surface area contributed by atoms with Crippen molar-refractivity contribution in [3.63, 3.8) is 0 Å². The highest BCUT2D eigenvalue weighted by Gasteiger charge is 2.10. The number of nitrogens with one attached hydrogen (secondary N) is 1. The Bertz CT molecular complexity index is 375. The van der Waals surface area contributed by atoms with E-state index in [0.29, 0.717) is 13.1 Å². The highest BCUT2D eigenvalue weighted by molar-refractivity contribution is 9.10. The number of hydrogen-bond donors (Lipinski definition) is 1. The Morgan fingerprint density at radius 1 is 1.38 bits per heavy atom. The normalized spacial score (nSPS) is 10.0. The predicted octanol–water partition coefficient (Wildman–Crippen LogP) is 3.63. The number of anilines is 1. The maximum atomic E-state index is 11.8. The zero-order chi connectivity index (χ0) is 12.1. The number of amides is 2. The quantitative estimate of drug-likeness (QED) is 0.903. The summed E-state index contributed by atoms with van der Waals surface area (Å²) in [6.07, 6.45) is 0. The van der Waals surface area contributed by atoms with Crippen LogP contribution in [0, 0.1) is 6.92 Å². The smallest absolute Gasteiger partial charge is 0.321 e. The predicted molar refractivity (Wildman–Crippen MR) is 70.8 cm³/mol. The van der Waals surface area contributed by atoms with E-state index in [4.69, 9.17) is 0 Å². The fourth-order valence-electron chi connectivity index (χ4n) is 1.43. The van der Waals surface area contributed by atoms with Crippen LogP contribution in [0.5, 0.6) is 0 Å². The fourth-order valence-corrected chi connectivity index (χ4v) is 2.02. The van der Waals surface area contributed by atoms with Gasteiger partial charge in [-0.15, -0.1) is 0 Å². The molecule has 3 nitrogen and oxygen atoms in total. The first-order valence-electron chi connectivity index (χ1n) is 5.40. The molecule has 0 spiro atoms. The minimum absolute atomic E-state index is 0.0606. The first kappa shape index (κ1) is 13.0. The summed E-state index contributed by atoms with van der Waals surface area (Å²) in [6, 6.07) is 5.80. The van der Waals surface area contributed by atoms with Crippen molar-refractivity contribution >= 4 is 27.6 Å². The lowest BCUT2D eigenvalue weighted by Gasteiger charge is -2.19. The first-order valence-corrected chi connectivity index (χ1v) is 6.19. The molecule has 0 aromatic heterocycles. The Hall–Kier alpha value is -1.03. The average molecular weight is 285 g/mol. The van der Waals surface area contributed by atoms with Crippen molar-refractivity contribution in [2.75, 3.05) is 18.4 Å². The summed E-state index contributed by atoms with van der Waals surface area (Å²) in [7, 11) is 0. The molecule has 0 radical (unpaired) electrons. The van der Waals surface area contributed by atoms with Gasteiger partial charge in [-0.05, 0) is 54.4 Å². The minimum atomic E-state index is -0.0606. The molecular formula is C12H17BrN2O. The number of benzene rings is 1.